The van der Waals surface area contributed by atoms with E-state index < -0.39 is 36.0 Å². The summed E-state index contributed by atoms with van der Waals surface area (Å²) in [5.74, 6) is -3.53. The number of thiophene rings is 1. The molecule has 14 nitrogen and oxygen atoms in total. The van der Waals surface area contributed by atoms with E-state index in [2.05, 4.69) is 20.7 Å². The zero-order valence-electron chi connectivity index (χ0n) is 23.2. The van der Waals surface area contributed by atoms with Crippen LogP contribution in [0.15, 0.2) is 72.5 Å². The molecule has 5 aromatic rings. The molecular formula is C29H27FN6O8S. The number of rotatable bonds is 9. The minimum Gasteiger partial charge on any atom is -0.479 e. The lowest BCUT2D eigenvalue weighted by molar-refractivity contribution is -0.165. The molecule has 0 saturated heterocycles. The van der Waals surface area contributed by atoms with Crippen LogP contribution in [-0.2, 0) is 16.1 Å². The number of aliphatic carboxylic acids is 2. The third-order valence-corrected chi connectivity index (χ3v) is 7.25. The minimum atomic E-state index is -2.27. The van der Waals surface area contributed by atoms with Gasteiger partial charge in [0, 0.05) is 50.5 Å². The molecule has 3 heterocycles. The number of aromatic nitrogens is 3. The first-order chi connectivity index (χ1) is 21.5. The molecule has 16 heteroatoms. The number of carbonyl (C=O) groups excluding carboxylic acids is 1. The fourth-order valence-electron chi connectivity index (χ4n) is 4.08. The topological polar surface area (TPSA) is 233 Å². The number of hydrogen-bond donors (Lipinski definition) is 8. The summed E-state index contributed by atoms with van der Waals surface area (Å²) in [6, 6.07) is 12.6. The highest BCUT2D eigenvalue weighted by molar-refractivity contribution is 7.18. The van der Waals surface area contributed by atoms with Gasteiger partial charge in [-0.15, -0.1) is 11.3 Å². The number of carboxylic acid groups (broad SMARTS) is 2. The fraction of sp³-hybridized carbons (Fsp3) is 0.138. The Bertz CT molecular complexity index is 1810. The minimum absolute atomic E-state index is 0.0109. The summed E-state index contributed by atoms with van der Waals surface area (Å²) in [5, 5.41) is 54.2. The summed E-state index contributed by atoms with van der Waals surface area (Å²) in [7, 11) is 0. The first-order valence-electron chi connectivity index (χ1n) is 13.0. The Morgan fingerprint density at radius 1 is 0.933 bits per heavy atom. The number of nitrogen functional groups attached to an aromatic ring is 1. The molecule has 0 bridgehead atoms. The zero-order chi connectivity index (χ0) is 32.7. The highest BCUT2D eigenvalue weighted by Gasteiger charge is 2.29. The number of nitrogens with two attached hydrogens (primary N) is 1. The van der Waals surface area contributed by atoms with Gasteiger partial charge in [0.2, 0.25) is 0 Å². The van der Waals surface area contributed by atoms with Crippen molar-refractivity contribution in [3.8, 4) is 22.3 Å². The number of nitrogens with zero attached hydrogens (tertiary/aromatic N) is 3. The molecule has 0 fully saturated rings. The molecule has 0 radical (unpaired) electrons. The van der Waals surface area contributed by atoms with E-state index in [9.17, 15) is 18.8 Å². The number of benzene rings is 2. The number of fused-ring (bicyclic) bond motifs is 1. The van der Waals surface area contributed by atoms with Crippen molar-refractivity contribution in [1.82, 2.24) is 14.8 Å². The van der Waals surface area contributed by atoms with Crippen LogP contribution in [0.2, 0.25) is 0 Å². The predicted molar refractivity (Wildman–Crippen MR) is 164 cm³/mol. The number of halogens is 1. The van der Waals surface area contributed by atoms with Gasteiger partial charge < -0.3 is 41.9 Å². The van der Waals surface area contributed by atoms with Crippen LogP contribution in [0.4, 0.5) is 26.4 Å². The highest BCUT2D eigenvalue weighted by Crippen LogP contribution is 2.41. The van der Waals surface area contributed by atoms with E-state index in [1.165, 1.54) is 18.2 Å². The van der Waals surface area contributed by atoms with Gasteiger partial charge in [-0.2, -0.15) is 5.10 Å². The van der Waals surface area contributed by atoms with Crippen molar-refractivity contribution in [3.05, 3.63) is 78.3 Å². The molecule has 0 aliphatic rings. The molecule has 2 aromatic carbocycles. The van der Waals surface area contributed by atoms with E-state index >= 15 is 0 Å². The Morgan fingerprint density at radius 3 is 2.22 bits per heavy atom. The predicted octanol–water partition coefficient (Wildman–Crippen LogP) is 3.06. The first kappa shape index (κ1) is 32.5. The average molecular weight is 639 g/mol. The van der Waals surface area contributed by atoms with E-state index in [0.29, 0.717) is 23.7 Å². The Labute approximate surface area is 257 Å². The number of amides is 2. The number of aliphatic hydroxyl groups is 3. The molecule has 45 heavy (non-hydrogen) atoms. The average Bonchev–Trinajstić information content (AvgIpc) is 3.66. The molecule has 3 aromatic heterocycles. The third-order valence-electron chi connectivity index (χ3n) is 6.24. The second-order valence-corrected chi connectivity index (χ2v) is 10.2. The van der Waals surface area contributed by atoms with Gasteiger partial charge in [-0.05, 0) is 41.3 Å². The lowest BCUT2D eigenvalue weighted by Crippen LogP contribution is -2.39. The lowest BCUT2D eigenvalue weighted by Gasteiger charge is -2.09. The van der Waals surface area contributed by atoms with Crippen molar-refractivity contribution in [2.75, 3.05) is 23.0 Å². The maximum absolute atomic E-state index is 13.3. The van der Waals surface area contributed by atoms with Crippen molar-refractivity contribution < 1.29 is 44.3 Å². The largest absolute Gasteiger partial charge is 0.479 e. The van der Waals surface area contributed by atoms with Gasteiger partial charge in [0.05, 0.1) is 19.3 Å². The molecule has 0 spiro atoms. The van der Waals surface area contributed by atoms with Gasteiger partial charge in [0.1, 0.15) is 11.6 Å². The molecule has 0 saturated carbocycles. The van der Waals surface area contributed by atoms with Crippen molar-refractivity contribution in [3.63, 3.8) is 0 Å². The van der Waals surface area contributed by atoms with Crippen LogP contribution in [0.25, 0.3) is 32.3 Å². The van der Waals surface area contributed by atoms with Crippen LogP contribution in [0.1, 0.15) is 0 Å². The SMILES string of the molecule is Nc1ncc(-c2cnn(CCO)c2)c2scc(-c3ccc(NC(=O)Nc4cccc(F)c4)cc3)c12.O=C(O)C(O)C(O)C(=O)O. The van der Waals surface area contributed by atoms with E-state index in [1.807, 2.05) is 23.7 Å². The van der Waals surface area contributed by atoms with E-state index in [0.717, 1.165) is 32.3 Å². The van der Waals surface area contributed by atoms with Crippen LogP contribution in [-0.4, -0.2) is 77.1 Å². The number of carbonyl (C=O) groups is 3. The molecular weight excluding hydrogens is 611 g/mol. The van der Waals surface area contributed by atoms with Gasteiger partial charge in [-0.1, -0.05) is 18.2 Å². The van der Waals surface area contributed by atoms with Crippen molar-refractivity contribution >= 4 is 56.6 Å². The van der Waals surface area contributed by atoms with Gasteiger partial charge in [-0.25, -0.2) is 23.8 Å². The number of anilines is 3. The molecule has 2 atom stereocenters. The molecule has 2 amide bonds. The lowest BCUT2D eigenvalue weighted by atomic mass is 10.0. The number of hydrogen-bond acceptors (Lipinski definition) is 10. The van der Waals surface area contributed by atoms with Crippen molar-refractivity contribution in [2.45, 2.75) is 18.8 Å². The van der Waals surface area contributed by atoms with Gasteiger partial charge in [0.25, 0.3) is 0 Å². The summed E-state index contributed by atoms with van der Waals surface area (Å²) in [4.78, 5) is 36.2. The van der Waals surface area contributed by atoms with Crippen molar-refractivity contribution in [2.24, 2.45) is 0 Å². The quantitative estimate of drug-likeness (QED) is 0.117. The fourth-order valence-corrected chi connectivity index (χ4v) is 5.20. The van der Waals surface area contributed by atoms with E-state index in [-0.39, 0.29) is 6.61 Å². The number of aliphatic hydroxyl groups excluding tert-OH is 3. The number of nitrogens with one attached hydrogen (secondary N) is 2. The Hall–Kier alpha value is -5.42. The summed E-state index contributed by atoms with van der Waals surface area (Å²) in [6.45, 7) is 0.429. The van der Waals surface area contributed by atoms with Crippen molar-refractivity contribution in [1.29, 1.82) is 0 Å². The Morgan fingerprint density at radius 2 is 1.60 bits per heavy atom. The molecule has 0 aliphatic carbocycles. The molecule has 2 unspecified atom stereocenters. The van der Waals surface area contributed by atoms with Crippen LogP contribution in [0, 0.1) is 5.82 Å². The Balaban J connectivity index is 0.000000399. The van der Waals surface area contributed by atoms with Crippen LogP contribution in [0.3, 0.4) is 0 Å². The second-order valence-electron chi connectivity index (χ2n) is 9.36. The molecule has 9 N–H and O–H groups in total. The zero-order valence-corrected chi connectivity index (χ0v) is 24.0. The number of carboxylic acids is 2. The van der Waals surface area contributed by atoms with Gasteiger partial charge in [-0.3, -0.25) is 4.68 Å². The van der Waals surface area contributed by atoms with Crippen LogP contribution >= 0.6 is 11.3 Å². The monoisotopic (exact) mass is 638 g/mol. The van der Waals surface area contributed by atoms with Gasteiger partial charge >= 0.3 is 18.0 Å². The summed E-state index contributed by atoms with van der Waals surface area (Å²) in [5.41, 5.74) is 10.9. The Kier molecular flexibility index (Phi) is 10.4. The molecule has 234 valence electrons. The highest BCUT2D eigenvalue weighted by atomic mass is 32.1. The standard InChI is InChI=1S/C25H21FN6O2S.C4H6O6/c26-17-2-1-3-19(10-17)31-25(34)30-18-6-4-15(5-7-18)21-14-35-23-20(12-28-24(27)22(21)23)16-11-29-32(13-16)8-9-33;5-1(3(7)8)2(6)4(9)10/h1-7,10-14,33H,8-9H2,(H2,27,28)(H2,30,31,34);1-2,5-6H,(H,7,8)(H,9,10). The second kappa shape index (κ2) is 14.4. The van der Waals surface area contributed by atoms with Crippen LogP contribution < -0.4 is 16.4 Å². The maximum Gasteiger partial charge on any atom is 0.335 e. The van der Waals surface area contributed by atoms with E-state index in [1.54, 1.807) is 46.6 Å². The molecule has 0 aliphatic heterocycles. The molecule has 5 rings (SSSR count). The summed E-state index contributed by atoms with van der Waals surface area (Å²) < 4.78 is 16.0. The maximum atomic E-state index is 13.3. The third kappa shape index (κ3) is 7.95. The number of pyridine rings is 1. The summed E-state index contributed by atoms with van der Waals surface area (Å²) >= 11 is 1.57. The van der Waals surface area contributed by atoms with Crippen LogP contribution in [0.5, 0.6) is 0 Å². The first-order valence-corrected chi connectivity index (χ1v) is 13.9. The number of urea groups is 1. The van der Waals surface area contributed by atoms with Gasteiger partial charge in [0.15, 0.2) is 12.2 Å². The smallest absolute Gasteiger partial charge is 0.335 e. The summed E-state index contributed by atoms with van der Waals surface area (Å²) in [6.07, 6.45) is 0.826. The normalized spacial score (nSPS) is 12.1. The van der Waals surface area contributed by atoms with E-state index in [4.69, 9.17) is 31.3 Å².